The normalized spacial score (nSPS) is 11.8. The Morgan fingerprint density at radius 2 is 2.00 bits per heavy atom. The van der Waals surface area contributed by atoms with Gasteiger partial charge in [0.15, 0.2) is 17.1 Å². The lowest BCUT2D eigenvalue weighted by Crippen LogP contribution is -2.31. The molecule has 8 heteroatoms. The van der Waals surface area contributed by atoms with Crippen LogP contribution in [-0.4, -0.2) is 35.9 Å². The number of nitrogens with zero attached hydrogens (tertiary/aromatic N) is 1. The summed E-state index contributed by atoms with van der Waals surface area (Å²) in [5.74, 6) is -0.335. The summed E-state index contributed by atoms with van der Waals surface area (Å²) in [6.45, 7) is 4.48. The number of carboxylic acid groups (broad SMARTS) is 1. The molecule has 1 amide bonds. The fourth-order valence-electron chi connectivity index (χ4n) is 3.29. The number of carbonyl (C=O) groups is 2. The van der Waals surface area contributed by atoms with E-state index in [4.69, 9.17) is 14.0 Å². The molecular formula is C23H26N2O6. The summed E-state index contributed by atoms with van der Waals surface area (Å²) in [6, 6.07) is 10.0. The highest BCUT2D eigenvalue weighted by Crippen LogP contribution is 2.31. The van der Waals surface area contributed by atoms with Gasteiger partial charge in [-0.3, -0.25) is 9.59 Å². The molecule has 3 aromatic rings. The Labute approximate surface area is 180 Å². The van der Waals surface area contributed by atoms with Crippen molar-refractivity contribution in [3.63, 3.8) is 0 Å². The van der Waals surface area contributed by atoms with E-state index in [1.54, 1.807) is 24.3 Å². The Kier molecular flexibility index (Phi) is 7.12. The lowest BCUT2D eigenvalue weighted by molar-refractivity contribution is -0.137. The van der Waals surface area contributed by atoms with Gasteiger partial charge in [0.05, 0.1) is 32.6 Å². The Bertz CT molecular complexity index is 1080. The predicted molar refractivity (Wildman–Crippen MR) is 114 cm³/mol. The maximum Gasteiger partial charge on any atom is 0.305 e. The van der Waals surface area contributed by atoms with Crippen molar-refractivity contribution < 1.29 is 28.7 Å². The van der Waals surface area contributed by atoms with E-state index in [0.717, 1.165) is 17.4 Å². The average Bonchev–Trinajstić information content (AvgIpc) is 3.13. The number of aryl methyl sites for hydroxylation is 1. The second kappa shape index (κ2) is 9.97. The van der Waals surface area contributed by atoms with Crippen LogP contribution in [0.5, 0.6) is 11.5 Å². The number of ether oxygens (including phenoxy) is 2. The van der Waals surface area contributed by atoms with Gasteiger partial charge in [0.25, 0.3) is 0 Å². The van der Waals surface area contributed by atoms with Crippen molar-refractivity contribution in [2.24, 2.45) is 0 Å². The van der Waals surface area contributed by atoms with E-state index in [1.165, 1.54) is 7.11 Å². The minimum Gasteiger partial charge on any atom is -0.493 e. The van der Waals surface area contributed by atoms with Crippen LogP contribution in [0.4, 0.5) is 0 Å². The average molecular weight is 426 g/mol. The van der Waals surface area contributed by atoms with E-state index < -0.39 is 12.0 Å². The van der Waals surface area contributed by atoms with Crippen molar-refractivity contribution in [3.8, 4) is 11.5 Å². The minimum atomic E-state index is -1.03. The number of benzene rings is 2. The maximum absolute atomic E-state index is 12.7. The summed E-state index contributed by atoms with van der Waals surface area (Å²) in [4.78, 5) is 24.1. The number of aromatic nitrogens is 1. The van der Waals surface area contributed by atoms with E-state index in [2.05, 4.69) is 10.5 Å². The van der Waals surface area contributed by atoms with Crippen LogP contribution in [0.3, 0.4) is 0 Å². The molecule has 0 bridgehead atoms. The van der Waals surface area contributed by atoms with Gasteiger partial charge in [-0.25, -0.2) is 0 Å². The number of carboxylic acids is 1. The monoisotopic (exact) mass is 426 g/mol. The van der Waals surface area contributed by atoms with Crippen LogP contribution >= 0.6 is 0 Å². The molecule has 0 fully saturated rings. The molecule has 8 nitrogen and oxygen atoms in total. The summed E-state index contributed by atoms with van der Waals surface area (Å²) in [6.07, 6.45) is 0.545. The third-order valence-corrected chi connectivity index (χ3v) is 4.79. The first-order chi connectivity index (χ1) is 14.9. The zero-order valence-electron chi connectivity index (χ0n) is 17.8. The van der Waals surface area contributed by atoms with Gasteiger partial charge < -0.3 is 24.4 Å². The number of fused-ring (bicyclic) bond motifs is 1. The molecule has 1 heterocycles. The molecule has 0 aliphatic rings. The first kappa shape index (κ1) is 22.1. The quantitative estimate of drug-likeness (QED) is 0.507. The van der Waals surface area contributed by atoms with Gasteiger partial charge in [0.2, 0.25) is 5.91 Å². The number of methoxy groups -OCH3 is 1. The fraction of sp³-hybridized carbons (Fsp3) is 0.348. The van der Waals surface area contributed by atoms with Crippen LogP contribution in [0.2, 0.25) is 0 Å². The zero-order chi connectivity index (χ0) is 22.4. The van der Waals surface area contributed by atoms with Gasteiger partial charge in [0.1, 0.15) is 5.69 Å². The van der Waals surface area contributed by atoms with Crippen LogP contribution in [0, 0.1) is 6.92 Å². The SMILES string of the molecule is CCCOc1ccc(C(CC(=O)O)NC(=O)Cc2noc3ccc(C)cc23)cc1OC. The highest BCUT2D eigenvalue weighted by molar-refractivity contribution is 5.87. The third-order valence-electron chi connectivity index (χ3n) is 4.79. The summed E-state index contributed by atoms with van der Waals surface area (Å²) in [5, 5.41) is 16.9. The fourth-order valence-corrected chi connectivity index (χ4v) is 3.29. The van der Waals surface area contributed by atoms with Crippen LogP contribution < -0.4 is 14.8 Å². The maximum atomic E-state index is 12.7. The Morgan fingerprint density at radius 3 is 2.71 bits per heavy atom. The standard InChI is InChI=1S/C23H26N2O6/c1-4-9-30-20-8-6-15(11-21(20)29-3)17(13-23(27)28)24-22(26)12-18-16-10-14(2)5-7-19(16)31-25-18/h5-8,10-11,17H,4,9,12-13H2,1-3H3,(H,24,26)(H,27,28). The van der Waals surface area contributed by atoms with Gasteiger partial charge in [-0.2, -0.15) is 0 Å². The van der Waals surface area contributed by atoms with E-state index in [1.807, 2.05) is 26.0 Å². The first-order valence-corrected chi connectivity index (χ1v) is 10.1. The Morgan fingerprint density at radius 1 is 1.19 bits per heavy atom. The molecule has 1 atom stereocenters. The lowest BCUT2D eigenvalue weighted by atomic mass is 10.0. The third kappa shape index (κ3) is 5.53. The van der Waals surface area contributed by atoms with Gasteiger partial charge in [-0.1, -0.05) is 29.8 Å². The van der Waals surface area contributed by atoms with Crippen molar-refractivity contribution in [3.05, 3.63) is 53.2 Å². The minimum absolute atomic E-state index is 0.0264. The van der Waals surface area contributed by atoms with E-state index in [9.17, 15) is 14.7 Å². The van der Waals surface area contributed by atoms with Crippen molar-refractivity contribution in [1.29, 1.82) is 0 Å². The van der Waals surface area contributed by atoms with Crippen molar-refractivity contribution >= 4 is 22.8 Å². The van der Waals surface area contributed by atoms with E-state index in [-0.39, 0.29) is 18.7 Å². The van der Waals surface area contributed by atoms with Gasteiger partial charge in [-0.15, -0.1) is 0 Å². The number of rotatable bonds is 10. The molecule has 0 radical (unpaired) electrons. The number of hydrogen-bond donors (Lipinski definition) is 2. The number of carbonyl (C=O) groups excluding carboxylic acids is 1. The molecule has 31 heavy (non-hydrogen) atoms. The molecular weight excluding hydrogens is 400 g/mol. The van der Waals surface area contributed by atoms with E-state index in [0.29, 0.717) is 34.9 Å². The van der Waals surface area contributed by atoms with Crippen molar-refractivity contribution in [1.82, 2.24) is 10.5 Å². The lowest BCUT2D eigenvalue weighted by Gasteiger charge is -2.19. The number of amides is 1. The number of nitrogens with one attached hydrogen (secondary N) is 1. The molecule has 0 aliphatic carbocycles. The molecule has 2 aromatic carbocycles. The second-order valence-corrected chi connectivity index (χ2v) is 7.28. The Hall–Kier alpha value is -3.55. The summed E-state index contributed by atoms with van der Waals surface area (Å²) in [7, 11) is 1.51. The molecule has 164 valence electrons. The van der Waals surface area contributed by atoms with Crippen molar-refractivity contribution in [2.75, 3.05) is 13.7 Å². The molecule has 0 saturated carbocycles. The number of hydrogen-bond acceptors (Lipinski definition) is 6. The van der Waals surface area contributed by atoms with Gasteiger partial charge >= 0.3 is 5.97 Å². The van der Waals surface area contributed by atoms with Crippen LogP contribution in [0.1, 0.15) is 42.6 Å². The Balaban J connectivity index is 1.79. The van der Waals surface area contributed by atoms with Gasteiger partial charge in [-0.05, 0) is 43.2 Å². The predicted octanol–water partition coefficient (Wildman–Crippen LogP) is 3.81. The van der Waals surface area contributed by atoms with Crippen LogP contribution in [0.15, 0.2) is 40.9 Å². The molecule has 0 saturated heterocycles. The number of aliphatic carboxylic acids is 1. The smallest absolute Gasteiger partial charge is 0.305 e. The molecule has 2 N–H and O–H groups in total. The molecule has 0 spiro atoms. The highest BCUT2D eigenvalue weighted by atomic mass is 16.5. The van der Waals surface area contributed by atoms with Crippen LogP contribution in [0.25, 0.3) is 11.0 Å². The topological polar surface area (TPSA) is 111 Å². The molecule has 1 unspecified atom stereocenters. The summed E-state index contributed by atoms with van der Waals surface area (Å²) >= 11 is 0. The molecule has 3 rings (SSSR count). The summed E-state index contributed by atoms with van der Waals surface area (Å²) in [5.41, 5.74) is 2.74. The first-order valence-electron chi connectivity index (χ1n) is 10.1. The zero-order valence-corrected chi connectivity index (χ0v) is 17.8. The van der Waals surface area contributed by atoms with E-state index >= 15 is 0 Å². The molecule has 1 aromatic heterocycles. The van der Waals surface area contributed by atoms with Gasteiger partial charge in [0, 0.05) is 5.39 Å². The highest BCUT2D eigenvalue weighted by Gasteiger charge is 2.21. The largest absolute Gasteiger partial charge is 0.493 e. The van der Waals surface area contributed by atoms with Crippen LogP contribution in [-0.2, 0) is 16.0 Å². The molecule has 0 aliphatic heterocycles. The summed E-state index contributed by atoms with van der Waals surface area (Å²) < 4.78 is 16.3. The van der Waals surface area contributed by atoms with Crippen molar-refractivity contribution in [2.45, 2.75) is 39.2 Å². The second-order valence-electron chi connectivity index (χ2n) is 7.28.